The van der Waals surface area contributed by atoms with Crippen molar-refractivity contribution in [1.29, 1.82) is 0 Å². The van der Waals surface area contributed by atoms with Gasteiger partial charge in [0.15, 0.2) is 0 Å². The molecule has 1 aliphatic heterocycles. The van der Waals surface area contributed by atoms with Crippen LogP contribution in [0.5, 0.6) is 5.88 Å². The van der Waals surface area contributed by atoms with Crippen LogP contribution < -0.4 is 14.8 Å². The van der Waals surface area contributed by atoms with Crippen LogP contribution in [-0.2, 0) is 10.2 Å². The molecule has 118 valence electrons. The highest BCUT2D eigenvalue weighted by Crippen LogP contribution is 2.20. The number of ether oxygens (including phenoxy) is 1. The van der Waals surface area contributed by atoms with Gasteiger partial charge < -0.3 is 10.1 Å². The maximum atomic E-state index is 12.4. The van der Waals surface area contributed by atoms with E-state index >= 15 is 0 Å². The first-order valence-electron chi connectivity index (χ1n) is 6.97. The Morgan fingerprint density at radius 2 is 2.29 bits per heavy atom. The minimum absolute atomic E-state index is 0.356. The molecule has 1 aromatic rings. The van der Waals surface area contributed by atoms with Crippen molar-refractivity contribution >= 4 is 15.9 Å². The van der Waals surface area contributed by atoms with Gasteiger partial charge in [0.1, 0.15) is 0 Å². The zero-order valence-corrected chi connectivity index (χ0v) is 13.2. The van der Waals surface area contributed by atoms with E-state index in [2.05, 4.69) is 15.0 Å². The number of piperidine rings is 1. The van der Waals surface area contributed by atoms with Gasteiger partial charge in [-0.15, -0.1) is 0 Å². The average Bonchev–Trinajstić information content (AvgIpc) is 2.48. The summed E-state index contributed by atoms with van der Waals surface area (Å²) in [5.41, 5.74) is 0.437. The first-order valence-corrected chi connectivity index (χ1v) is 8.41. The molecular weight excluding hydrogens is 292 g/mol. The quantitative estimate of drug-likeness (QED) is 0.807. The zero-order chi connectivity index (χ0) is 15.3. The van der Waals surface area contributed by atoms with E-state index in [1.807, 2.05) is 7.05 Å². The van der Waals surface area contributed by atoms with Gasteiger partial charge in [0.2, 0.25) is 5.88 Å². The summed E-state index contributed by atoms with van der Waals surface area (Å²) in [6, 6.07) is 3.26. The third kappa shape index (κ3) is 4.29. The van der Waals surface area contributed by atoms with E-state index in [9.17, 15) is 8.42 Å². The molecule has 0 radical (unpaired) electrons. The normalized spacial score (nSPS) is 20.2. The summed E-state index contributed by atoms with van der Waals surface area (Å²) in [5.74, 6) is 0.805. The molecule has 1 unspecified atom stereocenters. The molecule has 0 amide bonds. The largest absolute Gasteiger partial charge is 0.481 e. The molecule has 21 heavy (non-hydrogen) atoms. The summed E-state index contributed by atoms with van der Waals surface area (Å²) in [4.78, 5) is 3.99. The van der Waals surface area contributed by atoms with Gasteiger partial charge in [-0.3, -0.25) is 4.72 Å². The molecule has 1 fully saturated rings. The van der Waals surface area contributed by atoms with E-state index in [0.717, 1.165) is 19.4 Å². The van der Waals surface area contributed by atoms with E-state index in [0.29, 0.717) is 30.6 Å². The van der Waals surface area contributed by atoms with E-state index in [1.165, 1.54) is 17.6 Å². The molecule has 0 aromatic carbocycles. The van der Waals surface area contributed by atoms with Crippen molar-refractivity contribution in [2.24, 2.45) is 5.92 Å². The predicted molar refractivity (Wildman–Crippen MR) is 81.6 cm³/mol. The van der Waals surface area contributed by atoms with Gasteiger partial charge in [-0.25, -0.2) is 4.98 Å². The van der Waals surface area contributed by atoms with Gasteiger partial charge in [-0.2, -0.15) is 12.7 Å². The molecule has 1 aromatic heterocycles. The van der Waals surface area contributed by atoms with Crippen molar-refractivity contribution in [3.05, 3.63) is 18.3 Å². The lowest BCUT2D eigenvalue weighted by molar-refractivity contribution is 0.264. The Hall–Kier alpha value is -1.38. The van der Waals surface area contributed by atoms with E-state index in [1.54, 1.807) is 12.1 Å². The Labute approximate surface area is 125 Å². The fraction of sp³-hybridized carbons (Fsp3) is 0.615. The molecule has 0 aliphatic carbocycles. The van der Waals surface area contributed by atoms with E-state index in [-0.39, 0.29) is 0 Å². The predicted octanol–water partition coefficient (Wildman–Crippen LogP) is 0.678. The van der Waals surface area contributed by atoms with Crippen molar-refractivity contribution in [3.8, 4) is 5.88 Å². The molecule has 2 heterocycles. The Balaban J connectivity index is 2.03. The van der Waals surface area contributed by atoms with Gasteiger partial charge in [0.25, 0.3) is 0 Å². The average molecular weight is 314 g/mol. The molecular formula is C13H22N4O3S. The van der Waals surface area contributed by atoms with Gasteiger partial charge in [0, 0.05) is 19.2 Å². The van der Waals surface area contributed by atoms with Crippen LogP contribution in [0.1, 0.15) is 12.8 Å². The van der Waals surface area contributed by atoms with Gasteiger partial charge in [0.05, 0.1) is 19.0 Å². The molecule has 1 aliphatic rings. The number of nitrogens with zero attached hydrogens (tertiary/aromatic N) is 2. The first-order chi connectivity index (χ1) is 10.0. The second-order valence-electron chi connectivity index (χ2n) is 5.12. The summed E-state index contributed by atoms with van der Waals surface area (Å²) in [5, 5.41) is 3.11. The third-order valence-corrected chi connectivity index (χ3v) is 5.01. The maximum absolute atomic E-state index is 12.4. The number of hydrogen-bond donors (Lipinski definition) is 2. The van der Waals surface area contributed by atoms with Gasteiger partial charge >= 0.3 is 10.2 Å². The third-order valence-electron chi connectivity index (χ3n) is 3.51. The molecule has 2 rings (SSSR count). The second-order valence-corrected chi connectivity index (χ2v) is 6.79. The minimum Gasteiger partial charge on any atom is -0.481 e. The summed E-state index contributed by atoms with van der Waals surface area (Å²) >= 11 is 0. The van der Waals surface area contributed by atoms with Gasteiger partial charge in [-0.05, 0) is 38.4 Å². The smallest absolute Gasteiger partial charge is 0.301 e. The molecule has 1 saturated heterocycles. The Bertz CT molecular complexity index is 545. The number of nitrogens with one attached hydrogen (secondary N) is 2. The van der Waals surface area contributed by atoms with Gasteiger partial charge in [-0.1, -0.05) is 0 Å². The second kappa shape index (κ2) is 7.06. The number of methoxy groups -OCH3 is 1. The monoisotopic (exact) mass is 314 g/mol. The van der Waals surface area contributed by atoms with Crippen LogP contribution in [0.3, 0.4) is 0 Å². The van der Waals surface area contributed by atoms with E-state index < -0.39 is 10.2 Å². The van der Waals surface area contributed by atoms with Crippen LogP contribution in [0.2, 0.25) is 0 Å². The fourth-order valence-corrected chi connectivity index (χ4v) is 3.80. The molecule has 7 nitrogen and oxygen atoms in total. The van der Waals surface area contributed by atoms with E-state index in [4.69, 9.17) is 4.74 Å². The molecule has 1 atom stereocenters. The van der Waals surface area contributed by atoms with Crippen LogP contribution in [0.4, 0.5) is 5.69 Å². The molecule has 2 N–H and O–H groups in total. The minimum atomic E-state index is -3.53. The molecule has 0 bridgehead atoms. The summed E-state index contributed by atoms with van der Waals surface area (Å²) in [6.45, 7) is 1.93. The fourth-order valence-electron chi connectivity index (χ4n) is 2.48. The number of aromatic nitrogens is 1. The van der Waals surface area contributed by atoms with Crippen molar-refractivity contribution in [2.45, 2.75) is 12.8 Å². The lowest BCUT2D eigenvalue weighted by Gasteiger charge is -2.31. The maximum Gasteiger partial charge on any atom is 0.301 e. The van der Waals surface area contributed by atoms with Crippen LogP contribution in [0, 0.1) is 5.92 Å². The number of rotatable bonds is 6. The first kappa shape index (κ1) is 16.0. The Kier molecular flexibility index (Phi) is 5.38. The van der Waals surface area contributed by atoms with Crippen molar-refractivity contribution in [2.75, 3.05) is 38.5 Å². The SMILES string of the molecule is CNCC1CCCN(S(=O)(=O)Nc2ccc(OC)nc2)C1. The standard InChI is InChI=1S/C13H22N4O3S/c1-14-8-11-4-3-7-17(10-11)21(18,19)16-12-5-6-13(20-2)15-9-12/h5-6,9,11,14,16H,3-4,7-8,10H2,1-2H3. The summed E-state index contributed by atoms with van der Waals surface area (Å²) < 4.78 is 33.8. The van der Waals surface area contributed by atoms with Crippen LogP contribution in [-0.4, -0.2) is 51.5 Å². The lowest BCUT2D eigenvalue weighted by atomic mass is 10.00. The van der Waals surface area contributed by atoms with Crippen molar-refractivity contribution in [3.63, 3.8) is 0 Å². The summed E-state index contributed by atoms with van der Waals surface area (Å²) in [7, 11) is -0.133. The molecule has 0 saturated carbocycles. The number of hydrogen-bond acceptors (Lipinski definition) is 5. The number of anilines is 1. The molecule has 0 spiro atoms. The van der Waals surface area contributed by atoms with Crippen molar-refractivity contribution in [1.82, 2.24) is 14.6 Å². The highest BCUT2D eigenvalue weighted by atomic mass is 32.2. The molecule has 8 heteroatoms. The van der Waals surface area contributed by atoms with Crippen LogP contribution in [0.25, 0.3) is 0 Å². The zero-order valence-electron chi connectivity index (χ0n) is 12.4. The lowest BCUT2D eigenvalue weighted by Crippen LogP contribution is -2.44. The van der Waals surface area contributed by atoms with Crippen LogP contribution >= 0.6 is 0 Å². The highest BCUT2D eigenvalue weighted by Gasteiger charge is 2.28. The number of pyridine rings is 1. The summed E-state index contributed by atoms with van der Waals surface area (Å²) in [6.07, 6.45) is 3.39. The Morgan fingerprint density at radius 3 is 2.90 bits per heavy atom. The van der Waals surface area contributed by atoms with Crippen molar-refractivity contribution < 1.29 is 13.2 Å². The van der Waals surface area contributed by atoms with Crippen LogP contribution in [0.15, 0.2) is 18.3 Å². The Morgan fingerprint density at radius 1 is 1.48 bits per heavy atom. The topological polar surface area (TPSA) is 83.6 Å². The highest BCUT2D eigenvalue weighted by molar-refractivity contribution is 7.90.